The summed E-state index contributed by atoms with van der Waals surface area (Å²) in [6.45, 7) is 1.48. The minimum Gasteiger partial charge on any atom is -0.494 e. The van der Waals surface area contributed by atoms with Gasteiger partial charge in [-0.2, -0.15) is 0 Å². The quantitative estimate of drug-likeness (QED) is 0.354. The Hall–Kier alpha value is -4.14. The maximum absolute atomic E-state index is 13.2. The first-order valence-corrected chi connectivity index (χ1v) is 11.8. The summed E-state index contributed by atoms with van der Waals surface area (Å²) in [5.41, 5.74) is 0.696. The van der Waals surface area contributed by atoms with Gasteiger partial charge in [0.15, 0.2) is 17.3 Å². The molecule has 0 aliphatic rings. The minimum absolute atomic E-state index is 0.0568. The van der Waals surface area contributed by atoms with Crippen molar-refractivity contribution >= 4 is 16.0 Å². The Balaban J connectivity index is 1.79. The highest BCUT2D eigenvalue weighted by atomic mass is 32.2. The molecule has 0 spiro atoms. The number of nitrogens with zero attached hydrogens (tertiary/aromatic N) is 8. The lowest BCUT2D eigenvalue weighted by Crippen LogP contribution is -2.29. The van der Waals surface area contributed by atoms with Crippen LogP contribution in [0.25, 0.3) is 17.2 Å². The number of halogens is 1. The fourth-order valence-corrected chi connectivity index (χ4v) is 4.23. The number of aryl methyl sites for hydroxylation is 1. The summed E-state index contributed by atoms with van der Waals surface area (Å²) in [7, 11) is 0.602. The van der Waals surface area contributed by atoms with Crippen LogP contribution in [0.4, 0.5) is 10.3 Å². The molecule has 1 aromatic carbocycles. The molecule has 0 saturated carbocycles. The fourth-order valence-electron chi connectivity index (χ4n) is 3.27. The zero-order valence-corrected chi connectivity index (χ0v) is 20.1. The van der Waals surface area contributed by atoms with Crippen molar-refractivity contribution in [2.24, 2.45) is 7.05 Å². The Morgan fingerprint density at radius 1 is 1.09 bits per heavy atom. The van der Waals surface area contributed by atoms with E-state index >= 15 is 0 Å². The molecule has 0 saturated heterocycles. The molecule has 0 aliphatic heterocycles. The largest absolute Gasteiger partial charge is 0.494 e. The van der Waals surface area contributed by atoms with Crippen LogP contribution in [-0.4, -0.2) is 67.6 Å². The van der Waals surface area contributed by atoms with Crippen molar-refractivity contribution in [3.05, 3.63) is 48.4 Å². The Morgan fingerprint density at radius 3 is 2.31 bits per heavy atom. The van der Waals surface area contributed by atoms with Gasteiger partial charge in [0.2, 0.25) is 16.0 Å². The molecule has 3 heterocycles. The van der Waals surface area contributed by atoms with Crippen LogP contribution in [0.15, 0.2) is 36.8 Å². The van der Waals surface area contributed by atoms with Crippen LogP contribution in [0, 0.1) is 5.82 Å². The number of ether oxygens (including phenoxy) is 2. The Morgan fingerprint density at radius 2 is 1.74 bits per heavy atom. The summed E-state index contributed by atoms with van der Waals surface area (Å²) < 4.78 is 55.9. The molecule has 0 aliphatic carbocycles. The maximum Gasteiger partial charge on any atom is 0.243 e. The van der Waals surface area contributed by atoms with Crippen LogP contribution in [0.1, 0.15) is 12.7 Å². The molecule has 35 heavy (non-hydrogen) atoms. The number of rotatable bonds is 9. The lowest BCUT2D eigenvalue weighted by Gasteiger charge is -2.18. The third kappa shape index (κ3) is 4.89. The summed E-state index contributed by atoms with van der Waals surface area (Å²) in [5.74, 6) is 0.397. The number of anilines is 1. The number of para-hydroxylation sites is 1. The second-order valence-electron chi connectivity index (χ2n) is 7.45. The molecule has 0 bridgehead atoms. The Labute approximate surface area is 200 Å². The van der Waals surface area contributed by atoms with E-state index in [4.69, 9.17) is 9.47 Å². The van der Waals surface area contributed by atoms with Crippen LogP contribution in [0.3, 0.4) is 0 Å². The van der Waals surface area contributed by atoms with Gasteiger partial charge in [-0.15, -0.1) is 15.3 Å². The van der Waals surface area contributed by atoms with Gasteiger partial charge in [0.1, 0.15) is 23.0 Å². The number of methoxy groups -OCH3 is 2. The normalized spacial score (nSPS) is 12.4. The van der Waals surface area contributed by atoms with Gasteiger partial charge in [-0.25, -0.2) is 22.8 Å². The van der Waals surface area contributed by atoms with E-state index in [1.54, 1.807) is 31.4 Å². The average Bonchev–Trinajstić information content (AvgIpc) is 3.45. The monoisotopic (exact) mass is 503 g/mol. The van der Waals surface area contributed by atoms with Gasteiger partial charge in [0.05, 0.1) is 38.1 Å². The zero-order valence-electron chi connectivity index (χ0n) is 19.2. The van der Waals surface area contributed by atoms with E-state index < -0.39 is 21.1 Å². The van der Waals surface area contributed by atoms with Crippen molar-refractivity contribution in [1.29, 1.82) is 0 Å². The Kier molecular flexibility index (Phi) is 6.59. The highest BCUT2D eigenvalue weighted by Gasteiger charge is 2.29. The van der Waals surface area contributed by atoms with E-state index in [9.17, 15) is 12.8 Å². The zero-order chi connectivity index (χ0) is 25.2. The summed E-state index contributed by atoms with van der Waals surface area (Å²) >= 11 is 0. The molecule has 0 fully saturated rings. The first-order chi connectivity index (χ1) is 16.7. The molecular formula is C20H22FN9O4S. The van der Waals surface area contributed by atoms with Gasteiger partial charge in [-0.3, -0.25) is 14.0 Å². The molecule has 4 rings (SSSR count). The highest BCUT2D eigenvalue weighted by molar-refractivity contribution is 7.93. The van der Waals surface area contributed by atoms with Crippen LogP contribution >= 0.6 is 0 Å². The standard InChI is InChI=1S/C20H22FN9O4S/c1-12(8-17-22-9-13(21)10-23-17)35(31,32)27-20-26-25-19(14-11-29(2)28-24-14)30(20)18-15(33-3)6-5-7-16(18)34-4/h5-7,9-12H,8H2,1-4H3,(H,26,27)/t12-/m1/s1. The number of aromatic nitrogens is 8. The third-order valence-corrected chi connectivity index (χ3v) is 6.72. The number of hydrogen-bond donors (Lipinski definition) is 1. The molecule has 184 valence electrons. The average molecular weight is 504 g/mol. The van der Waals surface area contributed by atoms with Gasteiger partial charge in [0.25, 0.3) is 0 Å². The molecule has 0 unspecified atom stereocenters. The summed E-state index contributed by atoms with van der Waals surface area (Å²) in [6.07, 6.45) is 3.51. The van der Waals surface area contributed by atoms with Crippen LogP contribution in [-0.2, 0) is 23.5 Å². The van der Waals surface area contributed by atoms with Crippen molar-refractivity contribution in [1.82, 2.24) is 39.7 Å². The van der Waals surface area contributed by atoms with E-state index in [2.05, 4.69) is 35.2 Å². The molecule has 4 aromatic rings. The number of sulfonamides is 1. The van der Waals surface area contributed by atoms with E-state index in [1.807, 2.05) is 0 Å². The molecule has 0 amide bonds. The predicted octanol–water partition coefficient (Wildman–Crippen LogP) is 1.38. The van der Waals surface area contributed by atoms with Gasteiger partial charge < -0.3 is 9.47 Å². The van der Waals surface area contributed by atoms with Gasteiger partial charge >= 0.3 is 0 Å². The molecule has 1 N–H and O–H groups in total. The van der Waals surface area contributed by atoms with E-state index in [1.165, 1.54) is 30.4 Å². The topological polar surface area (TPSA) is 152 Å². The summed E-state index contributed by atoms with van der Waals surface area (Å²) in [6, 6.07) is 5.10. The van der Waals surface area contributed by atoms with Gasteiger partial charge in [0, 0.05) is 13.5 Å². The number of nitrogens with one attached hydrogen (secondary N) is 1. The number of hydrogen-bond acceptors (Lipinski definition) is 10. The minimum atomic E-state index is -4.02. The van der Waals surface area contributed by atoms with Crippen LogP contribution in [0.5, 0.6) is 11.5 Å². The number of benzene rings is 1. The van der Waals surface area contributed by atoms with Gasteiger partial charge in [-0.05, 0) is 19.1 Å². The molecular weight excluding hydrogens is 481 g/mol. The second-order valence-corrected chi connectivity index (χ2v) is 9.55. The second kappa shape index (κ2) is 9.61. The Bertz CT molecular complexity index is 1420. The fraction of sp³-hybridized carbons (Fsp3) is 0.300. The molecule has 15 heteroatoms. The van der Waals surface area contributed by atoms with Crippen LogP contribution in [0.2, 0.25) is 0 Å². The van der Waals surface area contributed by atoms with Crippen molar-refractivity contribution in [2.75, 3.05) is 18.9 Å². The molecule has 3 aromatic heterocycles. The van der Waals surface area contributed by atoms with E-state index in [0.717, 1.165) is 12.4 Å². The summed E-state index contributed by atoms with van der Waals surface area (Å²) in [5, 5.41) is 15.2. The van der Waals surface area contributed by atoms with E-state index in [0.29, 0.717) is 22.9 Å². The third-order valence-electron chi connectivity index (χ3n) is 5.03. The van der Waals surface area contributed by atoms with Crippen LogP contribution < -0.4 is 14.2 Å². The highest BCUT2D eigenvalue weighted by Crippen LogP contribution is 2.37. The van der Waals surface area contributed by atoms with Gasteiger partial charge in [-0.1, -0.05) is 11.3 Å². The van der Waals surface area contributed by atoms with E-state index in [-0.39, 0.29) is 24.0 Å². The van der Waals surface area contributed by atoms with Crippen molar-refractivity contribution < 1.29 is 22.3 Å². The molecule has 0 radical (unpaired) electrons. The smallest absolute Gasteiger partial charge is 0.243 e. The van der Waals surface area contributed by atoms with Crippen molar-refractivity contribution in [2.45, 2.75) is 18.6 Å². The van der Waals surface area contributed by atoms with Crippen molar-refractivity contribution in [3.8, 4) is 28.7 Å². The first kappa shape index (κ1) is 24.0. The molecule has 13 nitrogen and oxygen atoms in total. The lowest BCUT2D eigenvalue weighted by molar-refractivity contribution is 0.391. The first-order valence-electron chi connectivity index (χ1n) is 10.2. The summed E-state index contributed by atoms with van der Waals surface area (Å²) in [4.78, 5) is 7.67. The maximum atomic E-state index is 13.2. The molecule has 1 atom stereocenters. The SMILES string of the molecule is COc1cccc(OC)c1-n1c(NS(=O)(=O)[C@H](C)Cc2ncc(F)cn2)nnc1-c1cn(C)nn1. The lowest BCUT2D eigenvalue weighted by atomic mass is 10.2. The van der Waals surface area contributed by atoms with Crippen molar-refractivity contribution in [3.63, 3.8) is 0 Å². The predicted molar refractivity (Wildman–Crippen MR) is 122 cm³/mol.